The fourth-order valence-corrected chi connectivity index (χ4v) is 1.85. The average Bonchev–Trinajstić information content (AvgIpc) is 2.98. The molecule has 86 valence electrons. The van der Waals surface area contributed by atoms with Crippen LogP contribution in [0.5, 0.6) is 0 Å². The van der Waals surface area contributed by atoms with Crippen molar-refractivity contribution in [3.05, 3.63) is 60.9 Å². The van der Waals surface area contributed by atoms with Crippen LogP contribution in [0, 0.1) is 0 Å². The molecule has 1 nitrogen and oxygen atoms in total. The molecule has 0 aliphatic heterocycles. The van der Waals surface area contributed by atoms with E-state index in [1.54, 1.807) is 0 Å². The molecule has 0 spiro atoms. The van der Waals surface area contributed by atoms with Gasteiger partial charge in [0, 0.05) is 0 Å². The molecule has 0 aliphatic carbocycles. The summed E-state index contributed by atoms with van der Waals surface area (Å²) in [5.74, 6) is 0. The summed E-state index contributed by atoms with van der Waals surface area (Å²) in [5, 5.41) is 2.61. The van der Waals surface area contributed by atoms with E-state index in [2.05, 4.69) is 53.4 Å². The Balaban J connectivity index is 0.000000329. The minimum Gasteiger partial charge on any atom is -0.403 e. The molecule has 1 heterocycles. The molecule has 3 rings (SSSR count). The first kappa shape index (κ1) is 13.0. The van der Waals surface area contributed by atoms with E-state index in [0.717, 1.165) is 0 Å². The standard InChI is InChI=1S/C13H10N.2ClH.Zr/c1-2-6-12-11(5-1)7-8-13(12)14-9-3-4-10-14;;;/h1-10H;2*1H;/q-1;;;+2/p-2. The zero-order valence-electron chi connectivity index (χ0n) is 8.98. The van der Waals surface area contributed by atoms with Gasteiger partial charge in [-0.05, 0) is 18.1 Å². The smallest absolute Gasteiger partial charge is 0.0203 e. The molecule has 1 aromatic heterocycles. The van der Waals surface area contributed by atoms with E-state index >= 15 is 0 Å². The summed E-state index contributed by atoms with van der Waals surface area (Å²) >= 11 is -0.826. The molecule has 0 atom stereocenters. The van der Waals surface area contributed by atoms with Crippen LogP contribution in [0.25, 0.3) is 16.5 Å². The van der Waals surface area contributed by atoms with Crippen molar-refractivity contribution >= 4 is 27.8 Å². The van der Waals surface area contributed by atoms with E-state index in [1.807, 2.05) is 12.1 Å². The van der Waals surface area contributed by atoms with Crippen molar-refractivity contribution in [2.24, 2.45) is 0 Å². The molecule has 4 heteroatoms. The van der Waals surface area contributed by atoms with Crippen molar-refractivity contribution in [1.29, 1.82) is 0 Å². The molecule has 3 aromatic rings. The van der Waals surface area contributed by atoms with Gasteiger partial charge >= 0.3 is 37.9 Å². The molecule has 0 fully saturated rings. The van der Waals surface area contributed by atoms with Crippen LogP contribution in [0.15, 0.2) is 60.9 Å². The van der Waals surface area contributed by atoms with Crippen LogP contribution < -0.4 is 0 Å². The topological polar surface area (TPSA) is 4.93 Å². The zero-order valence-corrected chi connectivity index (χ0v) is 12.9. The molecular formula is C13H10Cl2NZr-. The van der Waals surface area contributed by atoms with Gasteiger partial charge in [0.15, 0.2) is 0 Å². The Hall–Kier alpha value is -0.427. The number of rotatable bonds is 1. The first-order valence-electron chi connectivity index (χ1n) is 5.11. The fourth-order valence-electron chi connectivity index (χ4n) is 1.85. The molecule has 0 saturated carbocycles. The summed E-state index contributed by atoms with van der Waals surface area (Å²) in [6.45, 7) is 0. The maximum Gasteiger partial charge on any atom is -0.0203 e. The average molecular weight is 342 g/mol. The molecule has 17 heavy (non-hydrogen) atoms. The second kappa shape index (κ2) is 6.49. The van der Waals surface area contributed by atoms with Gasteiger partial charge < -0.3 is 4.57 Å². The predicted octanol–water partition coefficient (Wildman–Crippen LogP) is 4.73. The van der Waals surface area contributed by atoms with Gasteiger partial charge in [0.25, 0.3) is 0 Å². The number of fused-ring (bicyclic) bond motifs is 1. The molecular weight excluding hydrogens is 332 g/mol. The SMILES string of the molecule is [Cl][Zr][Cl].c1ccc2c(c1)cc[c-]2-n1cccc1. The third-order valence-corrected chi connectivity index (χ3v) is 2.54. The van der Waals surface area contributed by atoms with Crippen molar-refractivity contribution in [2.75, 3.05) is 0 Å². The second-order valence-corrected chi connectivity index (χ2v) is 7.20. The molecule has 2 aromatic carbocycles. The van der Waals surface area contributed by atoms with Gasteiger partial charge in [-0.3, -0.25) is 0 Å². The van der Waals surface area contributed by atoms with Crippen LogP contribution >= 0.6 is 17.0 Å². The maximum absolute atomic E-state index is 4.93. The number of aromatic nitrogens is 1. The molecule has 0 saturated heterocycles. The summed E-state index contributed by atoms with van der Waals surface area (Å²) in [4.78, 5) is 0. The van der Waals surface area contributed by atoms with E-state index in [1.165, 1.54) is 16.5 Å². The number of nitrogens with zero attached hydrogens (tertiary/aromatic N) is 1. The van der Waals surface area contributed by atoms with Gasteiger partial charge in [0.2, 0.25) is 0 Å². The number of hydrogen-bond donors (Lipinski definition) is 0. The number of hydrogen-bond acceptors (Lipinski definition) is 0. The Morgan fingerprint density at radius 2 is 1.59 bits per heavy atom. The Morgan fingerprint density at radius 3 is 2.29 bits per heavy atom. The van der Waals surface area contributed by atoms with Gasteiger partial charge in [0.05, 0.1) is 0 Å². The summed E-state index contributed by atoms with van der Waals surface area (Å²) in [6, 6.07) is 16.9. The van der Waals surface area contributed by atoms with Crippen LogP contribution in [0.3, 0.4) is 0 Å². The fraction of sp³-hybridized carbons (Fsp3) is 0. The molecule has 0 N–H and O–H groups in total. The van der Waals surface area contributed by atoms with Gasteiger partial charge in [-0.1, -0.05) is 47.2 Å². The molecule has 0 radical (unpaired) electrons. The van der Waals surface area contributed by atoms with Crippen molar-refractivity contribution < 1.29 is 20.8 Å². The van der Waals surface area contributed by atoms with Crippen molar-refractivity contribution in [1.82, 2.24) is 4.57 Å². The van der Waals surface area contributed by atoms with Crippen LogP contribution in [-0.4, -0.2) is 4.57 Å². The third-order valence-electron chi connectivity index (χ3n) is 2.54. The van der Waals surface area contributed by atoms with Gasteiger partial charge in [0.1, 0.15) is 0 Å². The minimum atomic E-state index is -0.826. The number of halogens is 2. The van der Waals surface area contributed by atoms with Gasteiger partial charge in [-0.15, -0.1) is 12.1 Å². The maximum atomic E-state index is 4.93. The Kier molecular flexibility index (Phi) is 4.97. The van der Waals surface area contributed by atoms with E-state index in [4.69, 9.17) is 17.0 Å². The summed E-state index contributed by atoms with van der Waals surface area (Å²) in [6.07, 6.45) is 4.14. The van der Waals surface area contributed by atoms with Crippen LogP contribution in [0.1, 0.15) is 0 Å². The van der Waals surface area contributed by atoms with Gasteiger partial charge in [-0.2, -0.15) is 0 Å². The van der Waals surface area contributed by atoms with E-state index in [0.29, 0.717) is 0 Å². The Morgan fingerprint density at radius 1 is 0.941 bits per heavy atom. The normalized spacial score (nSPS) is 9.76. The zero-order chi connectivity index (χ0) is 12.1. The van der Waals surface area contributed by atoms with Crippen LogP contribution in [0.2, 0.25) is 0 Å². The molecule has 0 amide bonds. The largest absolute Gasteiger partial charge is 0.403 e. The minimum absolute atomic E-state index is 0.826. The predicted molar refractivity (Wildman–Crippen MR) is 70.6 cm³/mol. The summed E-state index contributed by atoms with van der Waals surface area (Å²) in [5.41, 5.74) is 1.26. The van der Waals surface area contributed by atoms with Crippen LogP contribution in [0.4, 0.5) is 0 Å². The first-order chi connectivity index (χ1) is 8.36. The van der Waals surface area contributed by atoms with E-state index < -0.39 is 20.8 Å². The quantitative estimate of drug-likeness (QED) is 0.564. The van der Waals surface area contributed by atoms with Crippen molar-refractivity contribution in [3.8, 4) is 5.69 Å². The number of benzene rings is 1. The van der Waals surface area contributed by atoms with Crippen LogP contribution in [-0.2, 0) is 20.8 Å². The molecule has 0 bridgehead atoms. The van der Waals surface area contributed by atoms with Crippen molar-refractivity contribution in [3.63, 3.8) is 0 Å². The Bertz CT molecular complexity index is 572. The van der Waals surface area contributed by atoms with Gasteiger partial charge in [-0.25, -0.2) is 0 Å². The summed E-state index contributed by atoms with van der Waals surface area (Å²) in [7, 11) is 9.87. The molecule has 0 unspecified atom stereocenters. The Labute approximate surface area is 119 Å². The second-order valence-electron chi connectivity index (χ2n) is 3.47. The summed E-state index contributed by atoms with van der Waals surface area (Å²) < 4.78 is 2.14. The molecule has 0 aliphatic rings. The van der Waals surface area contributed by atoms with E-state index in [-0.39, 0.29) is 0 Å². The van der Waals surface area contributed by atoms with Crippen molar-refractivity contribution in [2.45, 2.75) is 0 Å². The van der Waals surface area contributed by atoms with E-state index in [9.17, 15) is 0 Å². The third kappa shape index (κ3) is 3.07. The monoisotopic (exact) mass is 340 g/mol. The first-order valence-corrected chi connectivity index (χ1v) is 11.4.